The Morgan fingerprint density at radius 3 is 2.44 bits per heavy atom. The van der Waals surface area contributed by atoms with E-state index in [2.05, 4.69) is 51.4 Å². The highest BCUT2D eigenvalue weighted by Gasteiger charge is 2.14. The average Bonchev–Trinajstić information content (AvgIpc) is 2.62. The van der Waals surface area contributed by atoms with E-state index in [0.717, 1.165) is 18.1 Å². The number of nitrogens with zero attached hydrogens (tertiary/aromatic N) is 4. The van der Waals surface area contributed by atoms with Crippen molar-refractivity contribution in [3.63, 3.8) is 0 Å². The molecule has 2 aromatic carbocycles. The summed E-state index contributed by atoms with van der Waals surface area (Å²) >= 11 is 5.92. The van der Waals surface area contributed by atoms with Crippen molar-refractivity contribution in [1.82, 2.24) is 15.2 Å². The van der Waals surface area contributed by atoms with Crippen LogP contribution in [0.1, 0.15) is 19.4 Å². The van der Waals surface area contributed by atoms with Crippen LogP contribution in [0.4, 0.5) is 17.5 Å². The van der Waals surface area contributed by atoms with Crippen molar-refractivity contribution < 1.29 is 0 Å². The summed E-state index contributed by atoms with van der Waals surface area (Å²) < 4.78 is 0. The highest BCUT2D eigenvalue weighted by atomic mass is 35.5. The second-order valence-corrected chi connectivity index (χ2v) is 6.41. The minimum Gasteiger partial charge on any atom is -0.348 e. The van der Waals surface area contributed by atoms with Crippen LogP contribution in [0, 0.1) is 0 Å². The molecule has 1 heterocycles. The molecule has 0 bridgehead atoms. The predicted molar refractivity (Wildman–Crippen MR) is 102 cm³/mol. The summed E-state index contributed by atoms with van der Waals surface area (Å²) in [7, 11) is 0. The molecule has 0 radical (unpaired) electrons. The maximum Gasteiger partial charge on any atom is 0.249 e. The van der Waals surface area contributed by atoms with Gasteiger partial charge in [-0.3, -0.25) is 0 Å². The van der Waals surface area contributed by atoms with Crippen LogP contribution in [0.15, 0.2) is 60.8 Å². The molecule has 0 fully saturated rings. The van der Waals surface area contributed by atoms with Crippen LogP contribution in [-0.2, 0) is 6.54 Å². The van der Waals surface area contributed by atoms with Gasteiger partial charge >= 0.3 is 0 Å². The zero-order valence-corrected chi connectivity index (χ0v) is 15.0. The second kappa shape index (κ2) is 7.94. The predicted octanol–water partition coefficient (Wildman–Crippen LogP) is 4.68. The number of halogens is 1. The average molecular weight is 354 g/mol. The van der Waals surface area contributed by atoms with Crippen LogP contribution >= 0.6 is 11.6 Å². The second-order valence-electron chi connectivity index (χ2n) is 5.98. The number of rotatable bonds is 6. The summed E-state index contributed by atoms with van der Waals surface area (Å²) in [6.45, 7) is 5.03. The maximum atomic E-state index is 5.92. The fraction of sp³-hybridized carbons (Fsp3) is 0.211. The van der Waals surface area contributed by atoms with Crippen LogP contribution in [-0.4, -0.2) is 21.2 Å². The van der Waals surface area contributed by atoms with Crippen molar-refractivity contribution >= 4 is 29.1 Å². The molecular formula is C19H20ClN5. The van der Waals surface area contributed by atoms with Gasteiger partial charge in [0.05, 0.1) is 6.20 Å². The van der Waals surface area contributed by atoms with Gasteiger partial charge in [-0.1, -0.05) is 41.9 Å². The van der Waals surface area contributed by atoms with E-state index in [9.17, 15) is 0 Å². The fourth-order valence-electron chi connectivity index (χ4n) is 2.46. The number of aromatic nitrogens is 3. The molecule has 0 aliphatic rings. The topological polar surface area (TPSA) is 53.9 Å². The van der Waals surface area contributed by atoms with Crippen LogP contribution < -0.4 is 10.2 Å². The van der Waals surface area contributed by atoms with Crippen LogP contribution in [0.3, 0.4) is 0 Å². The molecule has 0 aliphatic carbocycles. The normalized spacial score (nSPS) is 10.7. The van der Waals surface area contributed by atoms with Gasteiger partial charge < -0.3 is 10.2 Å². The Morgan fingerprint density at radius 1 is 1.04 bits per heavy atom. The van der Waals surface area contributed by atoms with Crippen molar-refractivity contribution in [3.8, 4) is 0 Å². The Balaban J connectivity index is 1.81. The Labute approximate surface area is 152 Å². The van der Waals surface area contributed by atoms with E-state index in [1.165, 1.54) is 5.56 Å². The number of nitrogens with one attached hydrogen (secondary N) is 1. The molecule has 3 rings (SSSR count). The molecule has 0 amide bonds. The van der Waals surface area contributed by atoms with E-state index < -0.39 is 0 Å². The Kier molecular flexibility index (Phi) is 5.46. The summed E-state index contributed by atoms with van der Waals surface area (Å²) in [5, 5.41) is 12.0. The van der Waals surface area contributed by atoms with Gasteiger partial charge in [0.15, 0.2) is 5.82 Å². The van der Waals surface area contributed by atoms with Crippen molar-refractivity contribution in [2.75, 3.05) is 10.2 Å². The van der Waals surface area contributed by atoms with Crippen molar-refractivity contribution in [2.24, 2.45) is 0 Å². The molecule has 0 unspecified atom stereocenters. The van der Waals surface area contributed by atoms with E-state index in [4.69, 9.17) is 11.6 Å². The lowest BCUT2D eigenvalue weighted by Gasteiger charge is -2.27. The molecule has 1 aromatic heterocycles. The van der Waals surface area contributed by atoms with Crippen molar-refractivity contribution in [2.45, 2.75) is 26.4 Å². The Bertz CT molecular complexity index is 806. The van der Waals surface area contributed by atoms with Crippen LogP contribution in [0.25, 0.3) is 0 Å². The summed E-state index contributed by atoms with van der Waals surface area (Å²) in [6, 6.07) is 18.0. The Hall–Kier alpha value is -2.66. The maximum absolute atomic E-state index is 5.92. The number of hydrogen-bond donors (Lipinski definition) is 1. The van der Waals surface area contributed by atoms with Gasteiger partial charge in [-0.2, -0.15) is 10.1 Å². The minimum absolute atomic E-state index is 0.278. The fourth-order valence-corrected chi connectivity index (χ4v) is 2.58. The lowest BCUT2D eigenvalue weighted by atomic mass is 10.2. The lowest BCUT2D eigenvalue weighted by molar-refractivity contribution is 0.668. The van der Waals surface area contributed by atoms with Crippen LogP contribution in [0.2, 0.25) is 5.02 Å². The highest BCUT2D eigenvalue weighted by Crippen LogP contribution is 2.20. The third-order valence-corrected chi connectivity index (χ3v) is 4.01. The van der Waals surface area contributed by atoms with Crippen molar-refractivity contribution in [3.05, 3.63) is 71.4 Å². The Morgan fingerprint density at radius 2 is 1.76 bits per heavy atom. The number of benzene rings is 2. The van der Waals surface area contributed by atoms with E-state index >= 15 is 0 Å². The van der Waals surface area contributed by atoms with Gasteiger partial charge in [-0.15, -0.1) is 5.10 Å². The first-order chi connectivity index (χ1) is 12.1. The quantitative estimate of drug-likeness (QED) is 0.697. The molecule has 0 atom stereocenters. The summed E-state index contributed by atoms with van der Waals surface area (Å²) in [4.78, 5) is 6.81. The molecule has 25 heavy (non-hydrogen) atoms. The highest BCUT2D eigenvalue weighted by molar-refractivity contribution is 6.30. The molecule has 0 spiro atoms. The lowest BCUT2D eigenvalue weighted by Crippen LogP contribution is -2.31. The summed E-state index contributed by atoms with van der Waals surface area (Å²) in [5.41, 5.74) is 2.09. The third-order valence-electron chi connectivity index (χ3n) is 3.76. The molecule has 5 nitrogen and oxygen atoms in total. The molecule has 128 valence electrons. The van der Waals surface area contributed by atoms with E-state index in [0.29, 0.717) is 11.0 Å². The van der Waals surface area contributed by atoms with Gasteiger partial charge in [0.2, 0.25) is 5.95 Å². The molecule has 6 heteroatoms. The molecule has 0 aliphatic heterocycles. The summed E-state index contributed by atoms with van der Waals surface area (Å²) in [5.74, 6) is 1.24. The van der Waals surface area contributed by atoms with Crippen LogP contribution in [0.5, 0.6) is 0 Å². The first kappa shape index (κ1) is 17.2. The van der Waals surface area contributed by atoms with Gasteiger partial charge in [-0.05, 0) is 43.7 Å². The SMILES string of the molecule is CC(C)N(Cc1ccccc1)c1cnnc(Nc2ccc(Cl)cc2)n1. The summed E-state index contributed by atoms with van der Waals surface area (Å²) in [6.07, 6.45) is 1.69. The monoisotopic (exact) mass is 353 g/mol. The van der Waals surface area contributed by atoms with Gasteiger partial charge in [0.1, 0.15) is 0 Å². The van der Waals surface area contributed by atoms with Gasteiger partial charge in [0, 0.05) is 23.3 Å². The number of hydrogen-bond acceptors (Lipinski definition) is 5. The first-order valence-electron chi connectivity index (χ1n) is 8.15. The van der Waals surface area contributed by atoms with E-state index in [1.807, 2.05) is 42.5 Å². The molecule has 0 saturated heterocycles. The minimum atomic E-state index is 0.278. The smallest absolute Gasteiger partial charge is 0.249 e. The molecule has 3 aromatic rings. The molecule has 1 N–H and O–H groups in total. The number of anilines is 3. The van der Waals surface area contributed by atoms with Gasteiger partial charge in [-0.25, -0.2) is 0 Å². The zero-order chi connectivity index (χ0) is 17.6. The van der Waals surface area contributed by atoms with Crippen molar-refractivity contribution in [1.29, 1.82) is 0 Å². The zero-order valence-electron chi connectivity index (χ0n) is 14.2. The van der Waals surface area contributed by atoms with Gasteiger partial charge in [0.25, 0.3) is 0 Å². The first-order valence-corrected chi connectivity index (χ1v) is 8.52. The van der Waals surface area contributed by atoms with E-state index in [1.54, 1.807) is 6.20 Å². The van der Waals surface area contributed by atoms with E-state index in [-0.39, 0.29) is 6.04 Å². The standard InChI is InChI=1S/C19H20ClN5/c1-14(2)25(13-15-6-4-3-5-7-15)18-12-21-24-19(23-18)22-17-10-8-16(20)9-11-17/h3-12,14H,13H2,1-2H3,(H,22,23,24). The third kappa shape index (κ3) is 4.67. The molecular weight excluding hydrogens is 334 g/mol. The largest absolute Gasteiger partial charge is 0.348 e. The molecule has 0 saturated carbocycles.